The lowest BCUT2D eigenvalue weighted by Gasteiger charge is -2.24. The van der Waals surface area contributed by atoms with Crippen LogP contribution in [0, 0.1) is 0 Å². The second kappa shape index (κ2) is 7.93. The fourth-order valence-electron chi connectivity index (χ4n) is 2.60. The molecule has 30 heavy (non-hydrogen) atoms. The van der Waals surface area contributed by atoms with Gasteiger partial charge >= 0.3 is 12.3 Å². The number of aromatic nitrogens is 2. The fraction of sp³-hybridized carbons (Fsp3) is 0.211. The molecule has 0 aliphatic carbocycles. The molecule has 1 aromatic heterocycles. The van der Waals surface area contributed by atoms with Crippen LogP contribution < -0.4 is 14.2 Å². The average Bonchev–Trinajstić information content (AvgIpc) is 3.20. The number of esters is 1. The molecule has 0 fully saturated rings. The molecule has 0 saturated heterocycles. The van der Waals surface area contributed by atoms with Gasteiger partial charge in [0.25, 0.3) is 5.89 Å². The molecule has 0 amide bonds. The van der Waals surface area contributed by atoms with Gasteiger partial charge in [-0.25, -0.2) is 4.79 Å². The first kappa shape index (κ1) is 19.6. The zero-order valence-electron chi connectivity index (χ0n) is 15.1. The van der Waals surface area contributed by atoms with Gasteiger partial charge in [0.05, 0.1) is 0 Å². The number of rotatable bonds is 5. The summed E-state index contributed by atoms with van der Waals surface area (Å²) in [5.74, 6) is 0.0495. The molecular weight excluding hydrogens is 409 g/mol. The van der Waals surface area contributed by atoms with E-state index in [2.05, 4.69) is 14.9 Å². The van der Waals surface area contributed by atoms with Gasteiger partial charge in [0.2, 0.25) is 11.9 Å². The second-order valence-electron chi connectivity index (χ2n) is 6.06. The Morgan fingerprint density at radius 2 is 1.83 bits per heavy atom. The number of halogens is 3. The minimum atomic E-state index is -4.78. The molecule has 0 radical (unpaired) electrons. The molecule has 2 aromatic carbocycles. The van der Waals surface area contributed by atoms with Crippen LogP contribution in [0.15, 0.2) is 53.1 Å². The zero-order valence-corrected chi connectivity index (χ0v) is 15.1. The van der Waals surface area contributed by atoms with Crippen molar-refractivity contribution in [3.05, 3.63) is 54.4 Å². The summed E-state index contributed by atoms with van der Waals surface area (Å²) in [5.41, 5.74) is 0.395. The summed E-state index contributed by atoms with van der Waals surface area (Å²) in [4.78, 5) is 16.2. The lowest BCUT2D eigenvalue weighted by molar-refractivity contribution is -0.274. The summed E-state index contributed by atoms with van der Waals surface area (Å²) in [6.45, 7) is -0.306. The van der Waals surface area contributed by atoms with Crippen LogP contribution in [0.25, 0.3) is 11.4 Å². The minimum Gasteiger partial charge on any atom is -0.485 e. The fourth-order valence-corrected chi connectivity index (χ4v) is 2.60. The molecule has 2 heterocycles. The monoisotopic (exact) mass is 422 g/mol. The van der Waals surface area contributed by atoms with Gasteiger partial charge in [0.15, 0.2) is 18.1 Å². The van der Waals surface area contributed by atoms with Crippen molar-refractivity contribution in [2.45, 2.75) is 19.1 Å². The molecule has 0 saturated carbocycles. The largest absolute Gasteiger partial charge is 0.573 e. The summed E-state index contributed by atoms with van der Waals surface area (Å²) in [6, 6.07) is 11.8. The van der Waals surface area contributed by atoms with Crippen LogP contribution in [0.3, 0.4) is 0 Å². The molecule has 1 aliphatic heterocycles. The van der Waals surface area contributed by atoms with Crippen molar-refractivity contribution in [3.63, 3.8) is 0 Å². The smallest absolute Gasteiger partial charge is 0.485 e. The van der Waals surface area contributed by atoms with Crippen molar-refractivity contribution in [1.82, 2.24) is 10.1 Å². The predicted octanol–water partition coefficient (Wildman–Crippen LogP) is 3.52. The van der Waals surface area contributed by atoms with Gasteiger partial charge in [-0.05, 0) is 36.4 Å². The maximum Gasteiger partial charge on any atom is 0.573 e. The van der Waals surface area contributed by atoms with Gasteiger partial charge in [0, 0.05) is 5.56 Å². The summed E-state index contributed by atoms with van der Waals surface area (Å²) in [7, 11) is 0. The number of hydrogen-bond acceptors (Lipinski definition) is 8. The van der Waals surface area contributed by atoms with E-state index in [4.69, 9.17) is 18.7 Å². The number of carbonyl (C=O) groups excluding carboxylic acids is 1. The van der Waals surface area contributed by atoms with Crippen molar-refractivity contribution in [2.75, 3.05) is 6.61 Å². The number of hydrogen-bond donors (Lipinski definition) is 0. The third kappa shape index (κ3) is 4.62. The van der Waals surface area contributed by atoms with E-state index in [-0.39, 0.29) is 30.7 Å². The summed E-state index contributed by atoms with van der Waals surface area (Å²) in [5, 5.41) is 3.71. The topological polar surface area (TPSA) is 92.9 Å². The summed E-state index contributed by atoms with van der Waals surface area (Å²) >= 11 is 0. The van der Waals surface area contributed by atoms with Crippen molar-refractivity contribution >= 4 is 5.97 Å². The number of para-hydroxylation sites is 2. The molecule has 1 atom stereocenters. The molecule has 8 nitrogen and oxygen atoms in total. The number of benzene rings is 2. The third-order valence-corrected chi connectivity index (χ3v) is 3.92. The quantitative estimate of drug-likeness (QED) is 0.577. The first-order chi connectivity index (χ1) is 14.4. The van der Waals surface area contributed by atoms with Gasteiger partial charge in [-0.15, -0.1) is 13.2 Å². The van der Waals surface area contributed by atoms with E-state index < -0.39 is 18.4 Å². The standard InChI is InChI=1S/C19H13F3N2O6/c20-19(21,22)29-12-7-5-11(6-8-12)17-23-16(30-24-17)10-27-18(25)15-9-26-13-3-1-2-4-14(13)28-15/h1-8,15H,9-10H2/t15-/m1/s1. The van der Waals surface area contributed by atoms with E-state index in [1.165, 1.54) is 12.1 Å². The van der Waals surface area contributed by atoms with Crippen LogP contribution >= 0.6 is 0 Å². The lowest BCUT2D eigenvalue weighted by atomic mass is 10.2. The molecule has 0 N–H and O–H groups in total. The van der Waals surface area contributed by atoms with E-state index in [9.17, 15) is 18.0 Å². The number of carbonyl (C=O) groups is 1. The maximum atomic E-state index is 12.2. The van der Waals surface area contributed by atoms with Gasteiger partial charge in [-0.2, -0.15) is 4.98 Å². The SMILES string of the molecule is O=C(OCc1nc(-c2ccc(OC(F)(F)F)cc2)no1)[C@H]1COc2ccccc2O1. The number of nitrogens with zero attached hydrogens (tertiary/aromatic N) is 2. The first-order valence-electron chi connectivity index (χ1n) is 8.61. The van der Waals surface area contributed by atoms with Crippen LogP contribution in [0.5, 0.6) is 17.2 Å². The predicted molar refractivity (Wildman–Crippen MR) is 92.6 cm³/mol. The minimum absolute atomic E-state index is 0.00270. The Labute approximate surface area is 167 Å². The second-order valence-corrected chi connectivity index (χ2v) is 6.06. The maximum absolute atomic E-state index is 12.2. The van der Waals surface area contributed by atoms with Gasteiger partial charge in [-0.1, -0.05) is 17.3 Å². The number of ether oxygens (including phenoxy) is 4. The van der Waals surface area contributed by atoms with Gasteiger partial charge < -0.3 is 23.5 Å². The molecule has 4 rings (SSSR count). The van der Waals surface area contributed by atoms with Gasteiger partial charge in [0.1, 0.15) is 12.4 Å². The van der Waals surface area contributed by atoms with Crippen LogP contribution in [0.2, 0.25) is 0 Å². The highest BCUT2D eigenvalue weighted by atomic mass is 19.4. The highest BCUT2D eigenvalue weighted by molar-refractivity contribution is 5.76. The molecule has 11 heteroatoms. The van der Waals surface area contributed by atoms with Crippen LogP contribution in [0.4, 0.5) is 13.2 Å². The van der Waals surface area contributed by atoms with E-state index in [1.807, 2.05) is 0 Å². The molecule has 0 unspecified atom stereocenters. The average molecular weight is 422 g/mol. The Kier molecular flexibility index (Phi) is 5.17. The van der Waals surface area contributed by atoms with E-state index in [1.54, 1.807) is 24.3 Å². The Bertz CT molecular complexity index is 1040. The molecular formula is C19H13F3N2O6. The van der Waals surface area contributed by atoms with Crippen LogP contribution in [-0.4, -0.2) is 35.2 Å². The number of fused-ring (bicyclic) bond motifs is 1. The molecule has 156 valence electrons. The highest BCUT2D eigenvalue weighted by Crippen LogP contribution is 2.31. The Morgan fingerprint density at radius 1 is 1.10 bits per heavy atom. The molecule has 0 bridgehead atoms. The van der Waals surface area contributed by atoms with Crippen LogP contribution in [-0.2, 0) is 16.1 Å². The highest BCUT2D eigenvalue weighted by Gasteiger charge is 2.31. The van der Waals surface area contributed by atoms with Crippen molar-refractivity contribution < 1.29 is 41.4 Å². The zero-order chi connectivity index (χ0) is 21.1. The Hall–Kier alpha value is -3.76. The van der Waals surface area contributed by atoms with Crippen molar-refractivity contribution in [2.24, 2.45) is 0 Å². The van der Waals surface area contributed by atoms with E-state index >= 15 is 0 Å². The van der Waals surface area contributed by atoms with Crippen molar-refractivity contribution in [3.8, 4) is 28.6 Å². The summed E-state index contributed by atoms with van der Waals surface area (Å²) < 4.78 is 61.5. The number of alkyl halides is 3. The normalized spacial score (nSPS) is 15.5. The van der Waals surface area contributed by atoms with E-state index in [0.29, 0.717) is 17.1 Å². The lowest BCUT2D eigenvalue weighted by Crippen LogP contribution is -2.37. The van der Waals surface area contributed by atoms with Crippen LogP contribution in [0.1, 0.15) is 5.89 Å². The Balaban J connectivity index is 1.33. The first-order valence-corrected chi connectivity index (χ1v) is 8.61. The molecule has 1 aliphatic rings. The Morgan fingerprint density at radius 3 is 2.57 bits per heavy atom. The molecule has 3 aromatic rings. The van der Waals surface area contributed by atoms with Gasteiger partial charge in [-0.3, -0.25) is 0 Å². The van der Waals surface area contributed by atoms with E-state index in [0.717, 1.165) is 12.1 Å². The summed E-state index contributed by atoms with van der Waals surface area (Å²) in [6.07, 6.45) is -5.72. The molecule has 0 spiro atoms. The third-order valence-electron chi connectivity index (χ3n) is 3.92. The van der Waals surface area contributed by atoms with Crippen molar-refractivity contribution in [1.29, 1.82) is 0 Å².